The zero-order valence-corrected chi connectivity index (χ0v) is 12.3. The van der Waals surface area contributed by atoms with E-state index in [9.17, 15) is 14.9 Å². The number of morpholine rings is 1. The molecule has 0 atom stereocenters. The fourth-order valence-corrected chi connectivity index (χ4v) is 2.37. The Balaban J connectivity index is 1.96. The Hall–Kier alpha value is -1.67. The summed E-state index contributed by atoms with van der Waals surface area (Å²) in [6, 6.07) is 4.51. The molecule has 1 N–H and O–H groups in total. The third-order valence-corrected chi connectivity index (χ3v) is 3.36. The lowest BCUT2D eigenvalue weighted by Crippen LogP contribution is -2.43. The number of nitro benzene ring substituents is 1. The Morgan fingerprint density at radius 2 is 2.10 bits per heavy atom. The maximum absolute atomic E-state index is 11.9. The van der Waals surface area contributed by atoms with Gasteiger partial charge in [-0.1, -0.05) is 15.9 Å². The molecule has 0 bridgehead atoms. The van der Waals surface area contributed by atoms with Gasteiger partial charge in [-0.2, -0.15) is 0 Å². The monoisotopic (exact) mass is 343 g/mol. The molecular formula is C12H14BrN3O4. The van der Waals surface area contributed by atoms with Crippen LogP contribution in [-0.4, -0.2) is 48.6 Å². The van der Waals surface area contributed by atoms with Crippen molar-refractivity contribution in [2.24, 2.45) is 0 Å². The van der Waals surface area contributed by atoms with E-state index >= 15 is 0 Å². The lowest BCUT2D eigenvalue weighted by atomic mass is 10.3. The molecule has 1 aliphatic heterocycles. The van der Waals surface area contributed by atoms with Crippen LogP contribution in [0.5, 0.6) is 0 Å². The number of hydrogen-bond acceptors (Lipinski definition) is 5. The highest BCUT2D eigenvalue weighted by Gasteiger charge is 2.16. The predicted molar refractivity (Wildman–Crippen MR) is 76.7 cm³/mol. The first-order chi connectivity index (χ1) is 9.56. The lowest BCUT2D eigenvalue weighted by molar-refractivity contribution is -0.384. The smallest absolute Gasteiger partial charge is 0.272 e. The van der Waals surface area contributed by atoms with Crippen molar-refractivity contribution in [3.63, 3.8) is 0 Å². The van der Waals surface area contributed by atoms with E-state index < -0.39 is 4.92 Å². The number of nitrogens with zero attached hydrogens (tertiary/aromatic N) is 2. The molecule has 0 saturated carbocycles. The van der Waals surface area contributed by atoms with E-state index in [4.69, 9.17) is 4.74 Å². The van der Waals surface area contributed by atoms with Crippen LogP contribution in [0.1, 0.15) is 0 Å². The van der Waals surface area contributed by atoms with Crippen LogP contribution in [0.2, 0.25) is 0 Å². The minimum atomic E-state index is -0.472. The number of amides is 1. The Kier molecular flexibility index (Phi) is 4.91. The van der Waals surface area contributed by atoms with Crippen molar-refractivity contribution in [2.75, 3.05) is 38.2 Å². The molecule has 1 heterocycles. The van der Waals surface area contributed by atoms with Gasteiger partial charge in [0.25, 0.3) is 5.69 Å². The molecule has 1 aliphatic rings. The summed E-state index contributed by atoms with van der Waals surface area (Å²) in [7, 11) is 0. The second-order valence-electron chi connectivity index (χ2n) is 4.30. The molecular weight excluding hydrogens is 330 g/mol. The molecule has 2 rings (SSSR count). The molecule has 0 radical (unpaired) electrons. The summed E-state index contributed by atoms with van der Waals surface area (Å²) in [6.45, 7) is 2.37. The van der Waals surface area contributed by atoms with Gasteiger partial charge in [-0.05, 0) is 6.07 Å². The first-order valence-electron chi connectivity index (χ1n) is 6.10. The number of non-ortho nitro benzene ring substituents is 1. The van der Waals surface area contributed by atoms with Gasteiger partial charge in [-0.3, -0.25) is 14.9 Å². The number of carbonyl (C=O) groups is 1. The van der Waals surface area contributed by atoms with E-state index in [0.29, 0.717) is 36.5 Å². The number of nitro groups is 1. The third-order valence-electron chi connectivity index (χ3n) is 2.90. The van der Waals surface area contributed by atoms with Crippen molar-refractivity contribution < 1.29 is 14.5 Å². The number of nitrogens with one attached hydrogen (secondary N) is 1. The lowest BCUT2D eigenvalue weighted by Gasteiger charge is -2.27. The van der Waals surface area contributed by atoms with Crippen molar-refractivity contribution in [3.8, 4) is 0 Å². The molecule has 0 aromatic heterocycles. The first-order valence-corrected chi connectivity index (χ1v) is 6.90. The summed E-state index contributed by atoms with van der Waals surface area (Å²) in [6.07, 6.45) is 0. The predicted octanol–water partition coefficient (Wildman–Crippen LogP) is 1.63. The van der Waals surface area contributed by atoms with Crippen molar-refractivity contribution in [1.82, 2.24) is 4.90 Å². The van der Waals surface area contributed by atoms with Gasteiger partial charge in [0.1, 0.15) is 0 Å². The van der Waals surface area contributed by atoms with Crippen LogP contribution in [0, 0.1) is 10.1 Å². The minimum Gasteiger partial charge on any atom is -0.378 e. The van der Waals surface area contributed by atoms with Crippen molar-refractivity contribution in [2.45, 2.75) is 0 Å². The summed E-state index contributed by atoms with van der Waals surface area (Å²) in [5.41, 5.74) is 0.508. The Labute approximate surface area is 124 Å². The van der Waals surface area contributed by atoms with Crippen LogP contribution in [-0.2, 0) is 9.53 Å². The average molecular weight is 344 g/mol. The van der Waals surface area contributed by atoms with Crippen LogP contribution in [0.25, 0.3) is 0 Å². The topological polar surface area (TPSA) is 84.7 Å². The van der Waals surface area contributed by atoms with Crippen LogP contribution < -0.4 is 5.32 Å². The summed E-state index contributed by atoms with van der Waals surface area (Å²) in [5, 5.41) is 13.7. The minimum absolute atomic E-state index is 0.0271. The van der Waals surface area contributed by atoms with E-state index in [1.54, 1.807) is 11.0 Å². The molecule has 20 heavy (non-hydrogen) atoms. The molecule has 0 aliphatic carbocycles. The van der Waals surface area contributed by atoms with Gasteiger partial charge in [0, 0.05) is 35.4 Å². The first kappa shape index (κ1) is 14.7. The molecule has 0 spiro atoms. The van der Waals surface area contributed by atoms with Crippen LogP contribution in [0.3, 0.4) is 0 Å². The van der Waals surface area contributed by atoms with Crippen molar-refractivity contribution in [1.29, 1.82) is 0 Å². The molecule has 1 aromatic rings. The molecule has 1 saturated heterocycles. The number of ether oxygens (including phenoxy) is 1. The van der Waals surface area contributed by atoms with Gasteiger partial charge in [0.15, 0.2) is 0 Å². The van der Waals surface area contributed by atoms with Gasteiger partial charge in [-0.15, -0.1) is 0 Å². The van der Waals surface area contributed by atoms with Gasteiger partial charge in [0.2, 0.25) is 5.91 Å². The quantitative estimate of drug-likeness (QED) is 0.663. The van der Waals surface area contributed by atoms with Crippen molar-refractivity contribution >= 4 is 33.2 Å². The largest absolute Gasteiger partial charge is 0.378 e. The van der Waals surface area contributed by atoms with E-state index in [1.165, 1.54) is 12.1 Å². The standard InChI is InChI=1S/C12H14BrN3O4/c13-9-5-10(7-11(6-9)16(18)19)14-8-12(17)15-1-3-20-4-2-15/h5-7,14H,1-4,8H2. The van der Waals surface area contributed by atoms with E-state index in [-0.39, 0.29) is 18.1 Å². The zero-order valence-electron chi connectivity index (χ0n) is 10.7. The summed E-state index contributed by atoms with van der Waals surface area (Å²) in [5.74, 6) is -0.0454. The third kappa shape index (κ3) is 3.91. The number of hydrogen-bond donors (Lipinski definition) is 1. The number of halogens is 1. The second kappa shape index (κ2) is 6.67. The van der Waals surface area contributed by atoms with Crippen LogP contribution in [0.15, 0.2) is 22.7 Å². The summed E-state index contributed by atoms with van der Waals surface area (Å²) in [4.78, 5) is 23.9. The molecule has 108 valence electrons. The van der Waals surface area contributed by atoms with Gasteiger partial charge in [-0.25, -0.2) is 0 Å². The molecule has 8 heteroatoms. The highest BCUT2D eigenvalue weighted by Crippen LogP contribution is 2.24. The zero-order chi connectivity index (χ0) is 14.5. The van der Waals surface area contributed by atoms with E-state index in [2.05, 4.69) is 21.2 Å². The molecule has 1 amide bonds. The maximum Gasteiger partial charge on any atom is 0.272 e. The summed E-state index contributed by atoms with van der Waals surface area (Å²) < 4.78 is 5.77. The van der Waals surface area contributed by atoms with Gasteiger partial charge < -0.3 is 15.0 Å². The van der Waals surface area contributed by atoms with Crippen LogP contribution >= 0.6 is 15.9 Å². The number of carbonyl (C=O) groups excluding carboxylic acids is 1. The highest BCUT2D eigenvalue weighted by atomic mass is 79.9. The average Bonchev–Trinajstić information content (AvgIpc) is 2.45. The van der Waals surface area contributed by atoms with E-state index in [1.807, 2.05) is 0 Å². The number of rotatable bonds is 4. The second-order valence-corrected chi connectivity index (χ2v) is 5.22. The maximum atomic E-state index is 11.9. The summed E-state index contributed by atoms with van der Waals surface area (Å²) >= 11 is 3.21. The molecule has 7 nitrogen and oxygen atoms in total. The van der Waals surface area contributed by atoms with Gasteiger partial charge >= 0.3 is 0 Å². The Morgan fingerprint density at radius 3 is 2.75 bits per heavy atom. The SMILES string of the molecule is O=C(CNc1cc(Br)cc([N+](=O)[O-])c1)N1CCOCC1. The number of anilines is 1. The van der Waals surface area contributed by atoms with Crippen molar-refractivity contribution in [3.05, 3.63) is 32.8 Å². The Bertz CT molecular complexity index is 517. The molecule has 1 aromatic carbocycles. The van der Waals surface area contributed by atoms with E-state index in [0.717, 1.165) is 0 Å². The fourth-order valence-electron chi connectivity index (χ4n) is 1.88. The molecule has 1 fully saturated rings. The van der Waals surface area contributed by atoms with Gasteiger partial charge in [0.05, 0.1) is 24.7 Å². The fraction of sp³-hybridized carbons (Fsp3) is 0.417. The Morgan fingerprint density at radius 1 is 1.40 bits per heavy atom. The highest BCUT2D eigenvalue weighted by molar-refractivity contribution is 9.10. The molecule has 0 unspecified atom stereocenters. The number of benzene rings is 1. The normalized spacial score (nSPS) is 14.9. The van der Waals surface area contributed by atoms with Crippen LogP contribution in [0.4, 0.5) is 11.4 Å².